The third-order valence-electron chi connectivity index (χ3n) is 7.84. The van der Waals surface area contributed by atoms with Crippen LogP contribution >= 0.6 is 0 Å². The monoisotopic (exact) mass is 356 g/mol. The smallest absolute Gasteiger partial charge is 0.0851 e. The first-order valence-electron chi connectivity index (χ1n) is 10.2. The molecule has 1 aliphatic heterocycles. The molecule has 0 bridgehead atoms. The zero-order valence-electron chi connectivity index (χ0n) is 18.4. The lowest BCUT2D eigenvalue weighted by Crippen LogP contribution is -2.55. The maximum absolute atomic E-state index is 4.35. The molecule has 0 amide bonds. The molecule has 0 radical (unpaired) electrons. The van der Waals surface area contributed by atoms with Crippen molar-refractivity contribution >= 4 is 6.34 Å². The molecule has 0 N–H and O–H groups in total. The van der Waals surface area contributed by atoms with E-state index in [9.17, 15) is 0 Å². The summed E-state index contributed by atoms with van der Waals surface area (Å²) in [5.74, 6) is 0. The Bertz CT molecular complexity index is 607. The first-order chi connectivity index (χ1) is 11.9. The third-order valence-corrected chi connectivity index (χ3v) is 7.84. The van der Waals surface area contributed by atoms with Crippen LogP contribution in [0.15, 0.2) is 35.3 Å². The number of hydrogen-bond acceptors (Lipinski definition) is 2. The van der Waals surface area contributed by atoms with Crippen LogP contribution in [0.2, 0.25) is 0 Å². The summed E-state index contributed by atoms with van der Waals surface area (Å²) in [4.78, 5) is 6.71. The van der Waals surface area contributed by atoms with Gasteiger partial charge in [-0.25, -0.2) is 0 Å². The highest BCUT2D eigenvalue weighted by Crippen LogP contribution is 2.61. The normalized spacial score (nSPS) is 18.2. The minimum absolute atomic E-state index is 0.0681. The quantitative estimate of drug-likeness (QED) is 0.570. The molecule has 0 fully saturated rings. The van der Waals surface area contributed by atoms with Gasteiger partial charge < -0.3 is 4.90 Å². The molecule has 2 nitrogen and oxygen atoms in total. The molecule has 0 saturated heterocycles. The molecule has 1 unspecified atom stereocenters. The lowest BCUT2D eigenvalue weighted by molar-refractivity contribution is -0.0436. The number of aliphatic imine (C=N–C) groups is 1. The molecule has 2 rings (SSSR count). The van der Waals surface area contributed by atoms with E-state index in [0.717, 1.165) is 19.6 Å². The van der Waals surface area contributed by atoms with E-state index in [4.69, 9.17) is 0 Å². The fourth-order valence-corrected chi connectivity index (χ4v) is 4.68. The van der Waals surface area contributed by atoms with Gasteiger partial charge in [0.05, 0.1) is 12.9 Å². The van der Waals surface area contributed by atoms with Gasteiger partial charge in [0.25, 0.3) is 0 Å². The molecule has 1 heterocycles. The van der Waals surface area contributed by atoms with Crippen LogP contribution in [-0.4, -0.2) is 30.9 Å². The van der Waals surface area contributed by atoms with Crippen molar-refractivity contribution in [2.24, 2.45) is 21.2 Å². The second-order valence-electron chi connectivity index (χ2n) is 10.4. The van der Waals surface area contributed by atoms with Crippen LogP contribution in [0.3, 0.4) is 0 Å². The van der Waals surface area contributed by atoms with Crippen molar-refractivity contribution in [1.29, 1.82) is 0 Å². The molecule has 1 aromatic rings. The Kier molecular flexibility index (Phi) is 5.95. The predicted molar refractivity (Wildman–Crippen MR) is 115 cm³/mol. The van der Waals surface area contributed by atoms with Crippen molar-refractivity contribution in [1.82, 2.24) is 4.90 Å². The van der Waals surface area contributed by atoms with Gasteiger partial charge in [0, 0.05) is 18.5 Å². The van der Waals surface area contributed by atoms with E-state index in [2.05, 4.69) is 95.6 Å². The first kappa shape index (κ1) is 21.0. The fraction of sp³-hybridized carbons (Fsp3) is 0.708. The summed E-state index contributed by atoms with van der Waals surface area (Å²) in [5, 5.41) is 0. The number of hydrogen-bond donors (Lipinski definition) is 0. The van der Waals surface area contributed by atoms with Crippen molar-refractivity contribution < 1.29 is 0 Å². The molecule has 1 aliphatic rings. The summed E-state index contributed by atoms with van der Waals surface area (Å²) in [7, 11) is 0. The Morgan fingerprint density at radius 1 is 0.923 bits per heavy atom. The van der Waals surface area contributed by atoms with E-state index in [0.29, 0.717) is 0 Å². The summed E-state index contributed by atoms with van der Waals surface area (Å²) in [5.41, 5.74) is 2.06. The van der Waals surface area contributed by atoms with Crippen LogP contribution in [-0.2, 0) is 5.41 Å². The largest absolute Gasteiger partial charge is 0.361 e. The molecule has 26 heavy (non-hydrogen) atoms. The molecule has 0 aromatic heterocycles. The molecule has 0 spiro atoms. The number of nitrogens with zero attached hydrogens (tertiary/aromatic N) is 2. The molecule has 0 aliphatic carbocycles. The maximum atomic E-state index is 4.35. The molecule has 0 saturated carbocycles. The number of benzene rings is 1. The minimum atomic E-state index is 0.0681. The molecule has 1 atom stereocenters. The van der Waals surface area contributed by atoms with Gasteiger partial charge in [0.1, 0.15) is 0 Å². The summed E-state index contributed by atoms with van der Waals surface area (Å²) in [6.07, 6.45) is 4.45. The Morgan fingerprint density at radius 2 is 1.54 bits per heavy atom. The highest BCUT2D eigenvalue weighted by atomic mass is 15.2. The van der Waals surface area contributed by atoms with Crippen LogP contribution in [0.5, 0.6) is 0 Å². The van der Waals surface area contributed by atoms with E-state index in [1.807, 2.05) is 6.34 Å². The van der Waals surface area contributed by atoms with Gasteiger partial charge in [-0.2, -0.15) is 0 Å². The van der Waals surface area contributed by atoms with Gasteiger partial charge in [0.2, 0.25) is 0 Å². The Balaban J connectivity index is 2.34. The van der Waals surface area contributed by atoms with Gasteiger partial charge in [-0.3, -0.25) is 4.99 Å². The van der Waals surface area contributed by atoms with Crippen LogP contribution in [0.25, 0.3) is 0 Å². The van der Waals surface area contributed by atoms with E-state index < -0.39 is 0 Å². The standard InChI is InChI=1S/C24H40N2/c1-21(2,3)23(6,7)24(8,20-13-10-9-11-14-20)22(4,5)15-12-17-26-18-16-25-19-26/h9-11,13-14,19H,12,15-18H2,1-8H3. The zero-order chi connectivity index (χ0) is 19.6. The fourth-order valence-electron chi connectivity index (χ4n) is 4.68. The number of rotatable bonds is 7. The first-order valence-corrected chi connectivity index (χ1v) is 10.2. The van der Waals surface area contributed by atoms with Crippen LogP contribution in [0.1, 0.15) is 73.8 Å². The summed E-state index contributed by atoms with van der Waals surface area (Å²) in [6, 6.07) is 11.2. The molecule has 2 heteroatoms. The van der Waals surface area contributed by atoms with Gasteiger partial charge >= 0.3 is 0 Å². The van der Waals surface area contributed by atoms with Crippen molar-refractivity contribution in [2.45, 2.75) is 73.6 Å². The topological polar surface area (TPSA) is 15.6 Å². The van der Waals surface area contributed by atoms with Gasteiger partial charge in [-0.05, 0) is 34.7 Å². The predicted octanol–water partition coefficient (Wildman–Crippen LogP) is 6.17. The van der Waals surface area contributed by atoms with Crippen molar-refractivity contribution in [2.75, 3.05) is 19.6 Å². The average molecular weight is 357 g/mol. The lowest BCUT2D eigenvalue weighted by Gasteiger charge is -2.60. The Morgan fingerprint density at radius 3 is 2.04 bits per heavy atom. The maximum Gasteiger partial charge on any atom is 0.0851 e. The highest BCUT2D eigenvalue weighted by molar-refractivity contribution is 5.56. The molecule has 1 aromatic carbocycles. The zero-order valence-corrected chi connectivity index (χ0v) is 18.4. The third kappa shape index (κ3) is 3.70. The molecule has 146 valence electrons. The molecular weight excluding hydrogens is 316 g/mol. The summed E-state index contributed by atoms with van der Waals surface area (Å²) < 4.78 is 0. The average Bonchev–Trinajstić information content (AvgIpc) is 3.06. The minimum Gasteiger partial charge on any atom is -0.361 e. The van der Waals surface area contributed by atoms with Crippen LogP contribution in [0.4, 0.5) is 0 Å². The van der Waals surface area contributed by atoms with Gasteiger partial charge in [-0.1, -0.05) is 85.7 Å². The SMILES string of the molecule is CC(C)(C)C(C)(C)C(C)(c1ccccc1)C(C)(C)CCCN1C=NCC1. The van der Waals surface area contributed by atoms with Gasteiger partial charge in [-0.15, -0.1) is 0 Å². The van der Waals surface area contributed by atoms with Crippen LogP contribution in [0, 0.1) is 16.2 Å². The van der Waals surface area contributed by atoms with E-state index in [1.54, 1.807) is 0 Å². The second-order valence-corrected chi connectivity index (χ2v) is 10.4. The van der Waals surface area contributed by atoms with Crippen molar-refractivity contribution in [3.8, 4) is 0 Å². The highest BCUT2D eigenvalue weighted by Gasteiger charge is 2.56. The summed E-state index contributed by atoms with van der Waals surface area (Å²) >= 11 is 0. The van der Waals surface area contributed by atoms with Crippen molar-refractivity contribution in [3.05, 3.63) is 35.9 Å². The van der Waals surface area contributed by atoms with Crippen LogP contribution < -0.4 is 0 Å². The lowest BCUT2D eigenvalue weighted by atomic mass is 9.44. The summed E-state index contributed by atoms with van der Waals surface area (Å²) in [6.45, 7) is 22.7. The van der Waals surface area contributed by atoms with E-state index in [1.165, 1.54) is 18.4 Å². The molecular formula is C24H40N2. The van der Waals surface area contributed by atoms with E-state index >= 15 is 0 Å². The van der Waals surface area contributed by atoms with Crippen molar-refractivity contribution in [3.63, 3.8) is 0 Å². The Hall–Kier alpha value is -1.31. The Labute approximate surface area is 162 Å². The van der Waals surface area contributed by atoms with Gasteiger partial charge in [0.15, 0.2) is 0 Å². The second kappa shape index (κ2) is 7.37. The van der Waals surface area contributed by atoms with E-state index in [-0.39, 0.29) is 21.7 Å².